The van der Waals surface area contributed by atoms with Crippen LogP contribution in [0.15, 0.2) is 75.6 Å². The monoisotopic (exact) mass is 433 g/mol. The van der Waals surface area contributed by atoms with E-state index in [1.807, 2.05) is 56.3 Å². The minimum atomic E-state index is -0.510. The summed E-state index contributed by atoms with van der Waals surface area (Å²) in [6, 6.07) is 18.7. The smallest absolute Gasteiger partial charge is 0.336 e. The van der Waals surface area contributed by atoms with Crippen LogP contribution in [-0.4, -0.2) is 26.5 Å². The summed E-state index contributed by atoms with van der Waals surface area (Å²) < 4.78 is 3.02. The molecule has 2 aromatic carbocycles. The molecule has 4 aromatic rings. The zero-order valence-electron chi connectivity index (χ0n) is 17.4. The number of amides is 1. The van der Waals surface area contributed by atoms with E-state index in [1.54, 1.807) is 28.5 Å². The molecule has 31 heavy (non-hydrogen) atoms. The van der Waals surface area contributed by atoms with E-state index in [1.165, 1.54) is 15.9 Å². The molecule has 2 heterocycles. The van der Waals surface area contributed by atoms with Crippen molar-refractivity contribution in [2.75, 3.05) is 6.54 Å². The van der Waals surface area contributed by atoms with E-state index in [2.05, 4.69) is 0 Å². The van der Waals surface area contributed by atoms with Gasteiger partial charge in [-0.15, -0.1) is 11.3 Å². The van der Waals surface area contributed by atoms with Crippen molar-refractivity contribution in [2.24, 2.45) is 0 Å². The molecule has 1 amide bonds. The average molecular weight is 434 g/mol. The third kappa shape index (κ3) is 4.09. The first-order valence-electron chi connectivity index (χ1n) is 10.1. The Balaban J connectivity index is 1.76. The van der Waals surface area contributed by atoms with Crippen molar-refractivity contribution in [3.05, 3.63) is 98.0 Å². The molecule has 0 fully saturated rings. The first kappa shape index (κ1) is 20.8. The molecule has 0 radical (unpaired) electrons. The SMILES string of the molecule is CCN(Cc1ccccc1)C(=O)Cn1c(=O)n(-c2ccc(C)cc2)c(=O)c2sccc21. The standard InChI is InChI=1S/C24H23N3O3S/c1-3-25(15-18-7-5-4-6-8-18)21(28)16-26-20-13-14-31-22(20)23(29)27(24(26)30)19-11-9-17(2)10-12-19/h4-14H,3,15-16H2,1-2H3. The van der Waals surface area contributed by atoms with Crippen molar-refractivity contribution in [3.8, 4) is 5.69 Å². The van der Waals surface area contributed by atoms with Gasteiger partial charge in [0.2, 0.25) is 5.91 Å². The maximum Gasteiger partial charge on any atom is 0.336 e. The van der Waals surface area contributed by atoms with Crippen molar-refractivity contribution < 1.29 is 4.79 Å². The van der Waals surface area contributed by atoms with Crippen LogP contribution in [0.2, 0.25) is 0 Å². The fourth-order valence-corrected chi connectivity index (χ4v) is 4.40. The minimum Gasteiger partial charge on any atom is -0.337 e. The third-order valence-corrected chi connectivity index (χ3v) is 6.18. The van der Waals surface area contributed by atoms with Crippen molar-refractivity contribution in [1.29, 1.82) is 0 Å². The number of aryl methyl sites for hydroxylation is 1. The van der Waals surface area contributed by atoms with Gasteiger partial charge in [0.1, 0.15) is 11.2 Å². The molecule has 0 unspecified atom stereocenters. The molecule has 7 heteroatoms. The summed E-state index contributed by atoms with van der Waals surface area (Å²) in [5.74, 6) is -0.171. The van der Waals surface area contributed by atoms with E-state index in [9.17, 15) is 14.4 Å². The fraction of sp³-hybridized carbons (Fsp3) is 0.208. The van der Waals surface area contributed by atoms with Gasteiger partial charge in [-0.05, 0) is 43.0 Å². The second-order valence-corrected chi connectivity index (χ2v) is 8.29. The second kappa shape index (κ2) is 8.73. The van der Waals surface area contributed by atoms with E-state index in [-0.39, 0.29) is 18.0 Å². The largest absolute Gasteiger partial charge is 0.337 e. The van der Waals surface area contributed by atoms with E-state index in [4.69, 9.17) is 0 Å². The van der Waals surface area contributed by atoms with Crippen LogP contribution >= 0.6 is 11.3 Å². The van der Waals surface area contributed by atoms with E-state index in [0.29, 0.717) is 29.0 Å². The van der Waals surface area contributed by atoms with Gasteiger partial charge in [0, 0.05) is 13.1 Å². The maximum absolute atomic E-state index is 13.4. The lowest BCUT2D eigenvalue weighted by Crippen LogP contribution is -2.42. The Morgan fingerprint density at radius 3 is 2.39 bits per heavy atom. The van der Waals surface area contributed by atoms with Gasteiger partial charge in [0.05, 0.1) is 11.2 Å². The summed E-state index contributed by atoms with van der Waals surface area (Å²) in [5, 5.41) is 1.77. The average Bonchev–Trinajstić information content (AvgIpc) is 3.27. The second-order valence-electron chi connectivity index (χ2n) is 7.37. The summed E-state index contributed by atoms with van der Waals surface area (Å²) in [6.45, 7) is 4.72. The van der Waals surface area contributed by atoms with E-state index < -0.39 is 5.69 Å². The molecule has 0 aliphatic carbocycles. The van der Waals surface area contributed by atoms with Gasteiger partial charge in [0.15, 0.2) is 0 Å². The van der Waals surface area contributed by atoms with Crippen molar-refractivity contribution in [2.45, 2.75) is 26.9 Å². The number of nitrogens with zero attached hydrogens (tertiary/aromatic N) is 3. The molecule has 0 bridgehead atoms. The number of aromatic nitrogens is 2. The normalized spacial score (nSPS) is 11.0. The molecular weight excluding hydrogens is 410 g/mol. The molecule has 0 aliphatic heterocycles. The molecule has 2 aromatic heterocycles. The van der Waals surface area contributed by atoms with Gasteiger partial charge in [0.25, 0.3) is 5.56 Å². The zero-order valence-corrected chi connectivity index (χ0v) is 18.3. The number of hydrogen-bond acceptors (Lipinski definition) is 4. The molecule has 0 aliphatic rings. The first-order chi connectivity index (χ1) is 15.0. The van der Waals surface area contributed by atoms with Crippen LogP contribution in [0, 0.1) is 6.92 Å². The van der Waals surface area contributed by atoms with Crippen LogP contribution in [0.5, 0.6) is 0 Å². The van der Waals surface area contributed by atoms with Crippen molar-refractivity contribution >= 4 is 27.5 Å². The molecule has 0 spiro atoms. The zero-order chi connectivity index (χ0) is 22.0. The molecule has 6 nitrogen and oxygen atoms in total. The number of benzene rings is 2. The highest BCUT2D eigenvalue weighted by Crippen LogP contribution is 2.17. The van der Waals surface area contributed by atoms with E-state index in [0.717, 1.165) is 15.7 Å². The number of hydrogen-bond donors (Lipinski definition) is 0. The van der Waals surface area contributed by atoms with Gasteiger partial charge in [-0.3, -0.25) is 14.2 Å². The van der Waals surface area contributed by atoms with Crippen LogP contribution in [-0.2, 0) is 17.9 Å². The minimum absolute atomic E-state index is 0.126. The Kier molecular flexibility index (Phi) is 5.86. The number of carbonyl (C=O) groups is 1. The molecule has 0 saturated heterocycles. The molecule has 158 valence electrons. The Morgan fingerprint density at radius 2 is 1.71 bits per heavy atom. The van der Waals surface area contributed by atoms with Gasteiger partial charge in [-0.25, -0.2) is 9.36 Å². The number of thiophene rings is 1. The number of fused-ring (bicyclic) bond motifs is 1. The summed E-state index contributed by atoms with van der Waals surface area (Å²) in [5.41, 5.74) is 2.17. The van der Waals surface area contributed by atoms with Gasteiger partial charge in [-0.1, -0.05) is 48.0 Å². The molecular formula is C24H23N3O3S. The van der Waals surface area contributed by atoms with Crippen molar-refractivity contribution in [3.63, 3.8) is 0 Å². The molecule has 0 N–H and O–H groups in total. The summed E-state index contributed by atoms with van der Waals surface area (Å²) in [6.07, 6.45) is 0. The lowest BCUT2D eigenvalue weighted by Gasteiger charge is -2.22. The van der Waals surface area contributed by atoms with Crippen LogP contribution < -0.4 is 11.2 Å². The fourth-order valence-electron chi connectivity index (χ4n) is 3.58. The summed E-state index contributed by atoms with van der Waals surface area (Å²) >= 11 is 1.27. The van der Waals surface area contributed by atoms with Crippen LogP contribution in [0.4, 0.5) is 0 Å². The highest BCUT2D eigenvalue weighted by Gasteiger charge is 2.20. The first-order valence-corrected chi connectivity index (χ1v) is 11.0. The molecule has 0 atom stereocenters. The predicted octanol–water partition coefficient (Wildman–Crippen LogP) is 3.57. The number of rotatable bonds is 6. The number of carbonyl (C=O) groups excluding carboxylic acids is 1. The van der Waals surface area contributed by atoms with Crippen LogP contribution in [0.3, 0.4) is 0 Å². The Bertz CT molecular complexity index is 1330. The molecule has 4 rings (SSSR count). The predicted molar refractivity (Wildman–Crippen MR) is 124 cm³/mol. The van der Waals surface area contributed by atoms with E-state index >= 15 is 0 Å². The molecule has 0 saturated carbocycles. The lowest BCUT2D eigenvalue weighted by atomic mass is 10.2. The topological polar surface area (TPSA) is 64.3 Å². The number of likely N-dealkylation sites (N-methyl/N-ethyl adjacent to an activating group) is 1. The summed E-state index contributed by atoms with van der Waals surface area (Å²) in [7, 11) is 0. The van der Waals surface area contributed by atoms with Gasteiger partial charge >= 0.3 is 5.69 Å². The summed E-state index contributed by atoms with van der Waals surface area (Å²) in [4.78, 5) is 41.2. The Labute approximate surface area is 183 Å². The van der Waals surface area contributed by atoms with Crippen molar-refractivity contribution in [1.82, 2.24) is 14.0 Å². The quantitative estimate of drug-likeness (QED) is 0.467. The van der Waals surface area contributed by atoms with Gasteiger partial charge in [-0.2, -0.15) is 0 Å². The van der Waals surface area contributed by atoms with Gasteiger partial charge < -0.3 is 4.90 Å². The highest BCUT2D eigenvalue weighted by atomic mass is 32.1. The highest BCUT2D eigenvalue weighted by molar-refractivity contribution is 7.17. The Hall–Kier alpha value is -3.45. The lowest BCUT2D eigenvalue weighted by molar-refractivity contribution is -0.132. The van der Waals surface area contributed by atoms with Crippen LogP contribution in [0.25, 0.3) is 15.9 Å². The third-order valence-electron chi connectivity index (χ3n) is 5.29. The maximum atomic E-state index is 13.4. The van der Waals surface area contributed by atoms with Crippen LogP contribution in [0.1, 0.15) is 18.1 Å². The Morgan fingerprint density at radius 1 is 1.00 bits per heavy atom.